The van der Waals surface area contributed by atoms with Gasteiger partial charge in [0.05, 0.1) is 12.7 Å². The number of ether oxygens (including phenoxy) is 1. The van der Waals surface area contributed by atoms with Crippen LogP contribution in [0.2, 0.25) is 0 Å². The minimum absolute atomic E-state index is 0.128. The van der Waals surface area contributed by atoms with Crippen LogP contribution in [-0.4, -0.2) is 30.6 Å². The predicted molar refractivity (Wildman–Crippen MR) is 44.8 cm³/mol. The standard InChI is InChI=1S/C9H15F3O2/c10-9(11,12)6-14-5-8(13)7-3-1-2-4-7/h7-8,13H,1-6H2. The highest BCUT2D eigenvalue weighted by molar-refractivity contribution is 4.74. The summed E-state index contributed by atoms with van der Waals surface area (Å²) in [5.74, 6) is 0.128. The number of alkyl halides is 3. The van der Waals surface area contributed by atoms with Crippen molar-refractivity contribution in [3.05, 3.63) is 0 Å². The van der Waals surface area contributed by atoms with E-state index in [-0.39, 0.29) is 12.5 Å². The molecule has 1 aliphatic carbocycles. The summed E-state index contributed by atoms with van der Waals surface area (Å²) in [4.78, 5) is 0. The summed E-state index contributed by atoms with van der Waals surface area (Å²) < 4.78 is 39.4. The third kappa shape index (κ3) is 4.28. The number of hydrogen-bond donors (Lipinski definition) is 1. The van der Waals surface area contributed by atoms with Crippen LogP contribution in [0.4, 0.5) is 13.2 Å². The van der Waals surface area contributed by atoms with Crippen molar-refractivity contribution in [1.29, 1.82) is 0 Å². The first kappa shape index (κ1) is 11.8. The predicted octanol–water partition coefficient (Wildman–Crippen LogP) is 2.12. The number of aliphatic hydroxyl groups is 1. The van der Waals surface area contributed by atoms with Crippen LogP contribution in [0, 0.1) is 5.92 Å². The van der Waals surface area contributed by atoms with Crippen LogP contribution in [-0.2, 0) is 4.74 Å². The molecule has 5 heteroatoms. The van der Waals surface area contributed by atoms with Crippen LogP contribution in [0.5, 0.6) is 0 Å². The third-order valence-electron chi connectivity index (χ3n) is 2.50. The fourth-order valence-corrected chi connectivity index (χ4v) is 1.77. The Morgan fingerprint density at radius 3 is 2.36 bits per heavy atom. The van der Waals surface area contributed by atoms with Gasteiger partial charge < -0.3 is 9.84 Å². The SMILES string of the molecule is OC(COCC(F)(F)F)C1CCCC1. The monoisotopic (exact) mass is 212 g/mol. The van der Waals surface area contributed by atoms with Gasteiger partial charge in [0.15, 0.2) is 0 Å². The van der Waals surface area contributed by atoms with Gasteiger partial charge in [0.1, 0.15) is 6.61 Å². The van der Waals surface area contributed by atoms with Crippen molar-refractivity contribution in [2.24, 2.45) is 5.92 Å². The molecule has 0 saturated heterocycles. The maximum atomic E-state index is 11.7. The topological polar surface area (TPSA) is 29.5 Å². The van der Waals surface area contributed by atoms with Crippen LogP contribution >= 0.6 is 0 Å². The average Bonchev–Trinajstić information content (AvgIpc) is 2.53. The smallest absolute Gasteiger partial charge is 0.390 e. The Bertz CT molecular complexity index is 164. The Morgan fingerprint density at radius 2 is 1.86 bits per heavy atom. The number of rotatable bonds is 4. The lowest BCUT2D eigenvalue weighted by molar-refractivity contribution is -0.180. The summed E-state index contributed by atoms with van der Waals surface area (Å²) in [7, 11) is 0. The molecule has 1 saturated carbocycles. The molecule has 0 bridgehead atoms. The Hall–Kier alpha value is -0.290. The van der Waals surface area contributed by atoms with Gasteiger partial charge in [-0.25, -0.2) is 0 Å². The molecule has 0 radical (unpaired) electrons. The molecule has 84 valence electrons. The summed E-state index contributed by atoms with van der Waals surface area (Å²) >= 11 is 0. The Balaban J connectivity index is 2.11. The van der Waals surface area contributed by atoms with E-state index in [1.165, 1.54) is 0 Å². The van der Waals surface area contributed by atoms with E-state index in [2.05, 4.69) is 4.74 Å². The highest BCUT2D eigenvalue weighted by Crippen LogP contribution is 2.28. The Labute approximate surface area is 81.1 Å². The van der Waals surface area contributed by atoms with Gasteiger partial charge in [0.25, 0.3) is 0 Å². The average molecular weight is 212 g/mol. The fourth-order valence-electron chi connectivity index (χ4n) is 1.77. The highest BCUT2D eigenvalue weighted by Gasteiger charge is 2.29. The molecule has 0 heterocycles. The van der Waals surface area contributed by atoms with Crippen molar-refractivity contribution in [2.75, 3.05) is 13.2 Å². The largest absolute Gasteiger partial charge is 0.411 e. The first-order chi connectivity index (χ1) is 6.49. The van der Waals surface area contributed by atoms with Gasteiger partial charge >= 0.3 is 6.18 Å². The van der Waals surface area contributed by atoms with Gasteiger partial charge in [0, 0.05) is 0 Å². The normalized spacial score (nSPS) is 21.4. The summed E-state index contributed by atoms with van der Waals surface area (Å²) in [6, 6.07) is 0. The lowest BCUT2D eigenvalue weighted by Crippen LogP contribution is -2.27. The van der Waals surface area contributed by atoms with Gasteiger partial charge in [-0.3, -0.25) is 0 Å². The summed E-state index contributed by atoms with van der Waals surface area (Å²) in [5.41, 5.74) is 0. The summed E-state index contributed by atoms with van der Waals surface area (Å²) in [6.07, 6.45) is -1.12. The molecule has 0 aromatic heterocycles. The summed E-state index contributed by atoms with van der Waals surface area (Å²) in [6.45, 7) is -1.47. The molecule has 0 amide bonds. The van der Waals surface area contributed by atoms with Crippen molar-refractivity contribution >= 4 is 0 Å². The molecule has 14 heavy (non-hydrogen) atoms. The fraction of sp³-hybridized carbons (Fsp3) is 1.00. The van der Waals surface area contributed by atoms with E-state index >= 15 is 0 Å². The number of aliphatic hydroxyl groups excluding tert-OH is 1. The van der Waals surface area contributed by atoms with Gasteiger partial charge in [-0.05, 0) is 18.8 Å². The van der Waals surface area contributed by atoms with Gasteiger partial charge in [-0.1, -0.05) is 12.8 Å². The second kappa shape index (κ2) is 4.98. The van der Waals surface area contributed by atoms with Crippen LogP contribution < -0.4 is 0 Å². The molecular weight excluding hydrogens is 197 g/mol. The molecule has 0 aliphatic heterocycles. The second-order valence-corrected chi connectivity index (χ2v) is 3.74. The molecule has 1 aliphatic rings. The van der Waals surface area contributed by atoms with Crippen molar-refractivity contribution in [1.82, 2.24) is 0 Å². The maximum absolute atomic E-state index is 11.7. The van der Waals surface area contributed by atoms with E-state index in [4.69, 9.17) is 0 Å². The van der Waals surface area contributed by atoms with E-state index < -0.39 is 18.9 Å². The number of halogens is 3. The molecular formula is C9H15F3O2. The molecule has 0 spiro atoms. The number of hydrogen-bond acceptors (Lipinski definition) is 2. The van der Waals surface area contributed by atoms with Crippen LogP contribution in [0.15, 0.2) is 0 Å². The Kier molecular flexibility index (Phi) is 4.19. The van der Waals surface area contributed by atoms with Crippen molar-refractivity contribution < 1.29 is 23.0 Å². The second-order valence-electron chi connectivity index (χ2n) is 3.74. The van der Waals surface area contributed by atoms with E-state index in [9.17, 15) is 18.3 Å². The van der Waals surface area contributed by atoms with Crippen molar-refractivity contribution in [3.8, 4) is 0 Å². The van der Waals surface area contributed by atoms with Crippen LogP contribution in [0.3, 0.4) is 0 Å². The molecule has 1 N–H and O–H groups in total. The van der Waals surface area contributed by atoms with Gasteiger partial charge in [0.2, 0.25) is 0 Å². The lowest BCUT2D eigenvalue weighted by Gasteiger charge is -2.17. The minimum atomic E-state index is -4.30. The molecule has 1 fully saturated rings. The van der Waals surface area contributed by atoms with E-state index in [0.29, 0.717) is 0 Å². The zero-order valence-corrected chi connectivity index (χ0v) is 7.89. The first-order valence-electron chi connectivity index (χ1n) is 4.81. The third-order valence-corrected chi connectivity index (χ3v) is 2.50. The molecule has 1 atom stereocenters. The maximum Gasteiger partial charge on any atom is 0.411 e. The molecule has 1 rings (SSSR count). The summed E-state index contributed by atoms with van der Waals surface area (Å²) in [5, 5.41) is 9.45. The lowest BCUT2D eigenvalue weighted by atomic mass is 10.0. The zero-order valence-electron chi connectivity index (χ0n) is 7.89. The van der Waals surface area contributed by atoms with Crippen LogP contribution in [0.25, 0.3) is 0 Å². The van der Waals surface area contributed by atoms with Gasteiger partial charge in [-0.2, -0.15) is 13.2 Å². The Morgan fingerprint density at radius 1 is 1.29 bits per heavy atom. The molecule has 1 unspecified atom stereocenters. The molecule has 0 aromatic carbocycles. The van der Waals surface area contributed by atoms with Crippen molar-refractivity contribution in [2.45, 2.75) is 38.0 Å². The van der Waals surface area contributed by atoms with Gasteiger partial charge in [-0.15, -0.1) is 0 Å². The van der Waals surface area contributed by atoms with E-state index in [1.54, 1.807) is 0 Å². The highest BCUT2D eigenvalue weighted by atomic mass is 19.4. The van der Waals surface area contributed by atoms with E-state index in [1.807, 2.05) is 0 Å². The zero-order chi connectivity index (χ0) is 10.6. The van der Waals surface area contributed by atoms with Crippen molar-refractivity contribution in [3.63, 3.8) is 0 Å². The molecule has 0 aromatic rings. The minimum Gasteiger partial charge on any atom is -0.390 e. The van der Waals surface area contributed by atoms with E-state index in [0.717, 1.165) is 25.7 Å². The molecule has 2 nitrogen and oxygen atoms in total. The first-order valence-corrected chi connectivity index (χ1v) is 4.81. The van der Waals surface area contributed by atoms with Crippen LogP contribution in [0.1, 0.15) is 25.7 Å². The quantitative estimate of drug-likeness (QED) is 0.773.